The first kappa shape index (κ1) is 15.8. The number of anilines is 1. The van der Waals surface area contributed by atoms with Crippen LogP contribution in [0.25, 0.3) is 0 Å². The zero-order valence-corrected chi connectivity index (χ0v) is 12.8. The molecule has 1 saturated heterocycles. The van der Waals surface area contributed by atoms with E-state index in [-0.39, 0.29) is 31.7 Å². The third kappa shape index (κ3) is 2.47. The fourth-order valence-electron chi connectivity index (χ4n) is 3.08. The van der Waals surface area contributed by atoms with Gasteiger partial charge in [-0.05, 0) is 12.8 Å². The van der Waals surface area contributed by atoms with Crippen molar-refractivity contribution >= 4 is 17.5 Å². The Balaban J connectivity index is 1.73. The van der Waals surface area contributed by atoms with Gasteiger partial charge in [0, 0.05) is 33.3 Å². The molecule has 3 rings (SSSR count). The molecule has 6 nitrogen and oxygen atoms in total. The van der Waals surface area contributed by atoms with Crippen LogP contribution >= 0.6 is 0 Å². The topological polar surface area (TPSA) is 58.4 Å². The van der Waals surface area contributed by atoms with E-state index in [0.29, 0.717) is 5.69 Å². The lowest BCUT2D eigenvalue weighted by Crippen LogP contribution is -2.51. The molecule has 1 atom stereocenters. The smallest absolute Gasteiger partial charge is 0.331 e. The summed E-state index contributed by atoms with van der Waals surface area (Å²) in [6.45, 7) is 0.0850. The van der Waals surface area contributed by atoms with Crippen molar-refractivity contribution in [1.82, 2.24) is 14.7 Å². The van der Waals surface area contributed by atoms with E-state index in [9.17, 15) is 22.8 Å². The minimum absolute atomic E-state index is 0.0774. The number of amides is 2. The van der Waals surface area contributed by atoms with E-state index in [1.54, 1.807) is 13.2 Å². The molecular weight excluding hydrogens is 313 g/mol. The van der Waals surface area contributed by atoms with Crippen LogP contribution in [0.3, 0.4) is 0 Å². The average Bonchev–Trinajstić information content (AvgIpc) is 3.06. The highest BCUT2D eigenvalue weighted by atomic mass is 19.4. The first-order valence-corrected chi connectivity index (χ1v) is 7.29. The van der Waals surface area contributed by atoms with E-state index in [1.807, 2.05) is 0 Å². The number of carbonyl (C=O) groups excluding carboxylic acids is 2. The molecule has 1 aromatic heterocycles. The summed E-state index contributed by atoms with van der Waals surface area (Å²) in [4.78, 5) is 26.7. The van der Waals surface area contributed by atoms with E-state index in [4.69, 9.17) is 0 Å². The van der Waals surface area contributed by atoms with Crippen molar-refractivity contribution < 1.29 is 22.8 Å². The molecule has 0 aromatic carbocycles. The van der Waals surface area contributed by atoms with Gasteiger partial charge < -0.3 is 9.80 Å². The molecule has 1 saturated carbocycles. The summed E-state index contributed by atoms with van der Waals surface area (Å²) in [6.07, 6.45) is -1.55. The van der Waals surface area contributed by atoms with Crippen LogP contribution in [0.15, 0.2) is 12.4 Å². The van der Waals surface area contributed by atoms with Crippen molar-refractivity contribution in [2.75, 3.05) is 18.5 Å². The number of alkyl halides is 3. The van der Waals surface area contributed by atoms with Crippen LogP contribution in [0.5, 0.6) is 0 Å². The zero-order chi connectivity index (χ0) is 17.0. The van der Waals surface area contributed by atoms with Crippen molar-refractivity contribution in [2.45, 2.75) is 31.0 Å². The van der Waals surface area contributed by atoms with Gasteiger partial charge >= 0.3 is 6.18 Å². The number of nitrogens with zero attached hydrogens (tertiary/aromatic N) is 4. The Hall–Kier alpha value is -2.06. The third-order valence-electron chi connectivity index (χ3n) is 4.70. The van der Waals surface area contributed by atoms with Gasteiger partial charge in [0.25, 0.3) is 0 Å². The molecule has 2 heterocycles. The highest BCUT2D eigenvalue weighted by Gasteiger charge is 2.67. The average molecular weight is 330 g/mol. The van der Waals surface area contributed by atoms with Gasteiger partial charge in [0.2, 0.25) is 11.8 Å². The molecule has 1 unspecified atom stereocenters. The first-order chi connectivity index (χ1) is 10.7. The van der Waals surface area contributed by atoms with E-state index < -0.39 is 23.5 Å². The Kier molecular flexibility index (Phi) is 3.42. The number of aryl methyl sites for hydroxylation is 1. The maximum Gasteiger partial charge on any atom is 0.411 e. The lowest BCUT2D eigenvalue weighted by atomic mass is 10.1. The third-order valence-corrected chi connectivity index (χ3v) is 4.70. The van der Waals surface area contributed by atoms with E-state index >= 15 is 0 Å². The normalized spacial score (nSPS) is 23.3. The number of hydrogen-bond donors (Lipinski definition) is 0. The van der Waals surface area contributed by atoms with Crippen molar-refractivity contribution in [3.05, 3.63) is 12.4 Å². The Morgan fingerprint density at radius 2 is 2.09 bits per heavy atom. The quantitative estimate of drug-likeness (QED) is 0.840. The minimum Gasteiger partial charge on any atom is -0.331 e. The second-order valence-corrected chi connectivity index (χ2v) is 6.20. The maximum absolute atomic E-state index is 13.1. The van der Waals surface area contributed by atoms with Crippen molar-refractivity contribution in [3.63, 3.8) is 0 Å². The van der Waals surface area contributed by atoms with Crippen molar-refractivity contribution in [1.29, 1.82) is 0 Å². The molecule has 1 aliphatic heterocycles. The molecule has 2 fully saturated rings. The Bertz CT molecular complexity index is 651. The number of halogens is 3. The fraction of sp³-hybridized carbons (Fsp3) is 0.643. The highest BCUT2D eigenvalue weighted by molar-refractivity contribution is 6.00. The van der Waals surface area contributed by atoms with Crippen LogP contribution in [0.1, 0.15) is 19.3 Å². The maximum atomic E-state index is 13.1. The van der Waals surface area contributed by atoms with Crippen LogP contribution in [-0.4, -0.2) is 51.8 Å². The van der Waals surface area contributed by atoms with Crippen LogP contribution in [0.4, 0.5) is 18.9 Å². The summed E-state index contributed by atoms with van der Waals surface area (Å²) in [5.74, 6) is -1.66. The Labute approximate surface area is 130 Å². The predicted octanol–water partition coefficient (Wildman–Crippen LogP) is 1.33. The standard InChI is InChI=1S/C14H17F3N4O2/c1-19-8-10(6-18-19)21-7-9(5-11(21)22)12(23)20(2)13(3-4-13)14(15,16)17/h6,8-9H,3-5,7H2,1-2H3. The molecule has 9 heteroatoms. The highest BCUT2D eigenvalue weighted by Crippen LogP contribution is 2.53. The molecule has 126 valence electrons. The van der Waals surface area contributed by atoms with Gasteiger partial charge in [-0.3, -0.25) is 14.3 Å². The summed E-state index contributed by atoms with van der Waals surface area (Å²) in [7, 11) is 2.88. The van der Waals surface area contributed by atoms with Gasteiger partial charge in [0.1, 0.15) is 5.54 Å². The van der Waals surface area contributed by atoms with Crippen molar-refractivity contribution in [3.8, 4) is 0 Å². The largest absolute Gasteiger partial charge is 0.411 e. The molecule has 23 heavy (non-hydrogen) atoms. The second-order valence-electron chi connectivity index (χ2n) is 6.20. The van der Waals surface area contributed by atoms with Crippen LogP contribution in [0, 0.1) is 5.92 Å². The van der Waals surface area contributed by atoms with Gasteiger partial charge in [-0.1, -0.05) is 0 Å². The van der Waals surface area contributed by atoms with Gasteiger partial charge in [-0.25, -0.2) is 0 Å². The monoisotopic (exact) mass is 330 g/mol. The SMILES string of the molecule is CN(C(=O)C1CC(=O)N(c2cnn(C)c2)C1)C1(C(F)(F)F)CC1. The Morgan fingerprint density at radius 3 is 2.57 bits per heavy atom. The van der Waals surface area contributed by atoms with Gasteiger partial charge in [-0.2, -0.15) is 18.3 Å². The summed E-state index contributed by atoms with van der Waals surface area (Å²) in [6, 6.07) is 0. The molecule has 2 amide bonds. The minimum atomic E-state index is -4.44. The summed E-state index contributed by atoms with van der Waals surface area (Å²) < 4.78 is 40.9. The lowest BCUT2D eigenvalue weighted by molar-refractivity contribution is -0.198. The predicted molar refractivity (Wildman–Crippen MR) is 74.5 cm³/mol. The van der Waals surface area contributed by atoms with Gasteiger partial charge in [-0.15, -0.1) is 0 Å². The molecule has 2 aliphatic rings. The molecule has 1 aromatic rings. The molecule has 0 N–H and O–H groups in total. The molecule has 1 aliphatic carbocycles. The number of aromatic nitrogens is 2. The molecule has 0 radical (unpaired) electrons. The summed E-state index contributed by atoms with van der Waals surface area (Å²) in [5, 5.41) is 3.96. The van der Waals surface area contributed by atoms with E-state index in [0.717, 1.165) is 4.90 Å². The van der Waals surface area contributed by atoms with E-state index in [2.05, 4.69) is 5.10 Å². The summed E-state index contributed by atoms with van der Waals surface area (Å²) >= 11 is 0. The number of rotatable bonds is 3. The van der Waals surface area contributed by atoms with Crippen LogP contribution in [-0.2, 0) is 16.6 Å². The van der Waals surface area contributed by atoms with Gasteiger partial charge in [0.05, 0.1) is 17.8 Å². The first-order valence-electron chi connectivity index (χ1n) is 7.29. The van der Waals surface area contributed by atoms with E-state index in [1.165, 1.54) is 22.8 Å². The second kappa shape index (κ2) is 4.97. The molecular formula is C14H17F3N4O2. The zero-order valence-electron chi connectivity index (χ0n) is 12.8. The fourth-order valence-corrected chi connectivity index (χ4v) is 3.08. The lowest BCUT2D eigenvalue weighted by Gasteiger charge is -2.31. The Morgan fingerprint density at radius 1 is 1.43 bits per heavy atom. The molecule has 0 spiro atoms. The summed E-state index contributed by atoms with van der Waals surface area (Å²) in [5.41, 5.74) is -1.50. The van der Waals surface area contributed by atoms with Gasteiger partial charge in [0.15, 0.2) is 0 Å². The number of carbonyl (C=O) groups is 2. The van der Waals surface area contributed by atoms with Crippen LogP contribution in [0.2, 0.25) is 0 Å². The molecule has 0 bridgehead atoms. The van der Waals surface area contributed by atoms with Crippen molar-refractivity contribution in [2.24, 2.45) is 13.0 Å². The number of hydrogen-bond acceptors (Lipinski definition) is 3. The van der Waals surface area contributed by atoms with Crippen LogP contribution < -0.4 is 4.90 Å².